The number of carboxylic acid groups (broad SMARTS) is 1. The largest absolute Gasteiger partial charge is 0.476 e. The highest BCUT2D eigenvalue weighted by Gasteiger charge is 2.42. The first kappa shape index (κ1) is 11.6. The van der Waals surface area contributed by atoms with Gasteiger partial charge in [0.05, 0.1) is 0 Å². The lowest BCUT2D eigenvalue weighted by atomic mass is 10.1. The Kier molecular flexibility index (Phi) is 2.81. The lowest BCUT2D eigenvalue weighted by Crippen LogP contribution is -2.38. The Morgan fingerprint density at radius 1 is 1.33 bits per heavy atom. The molecule has 18 heavy (non-hydrogen) atoms. The van der Waals surface area contributed by atoms with E-state index in [0.29, 0.717) is 11.8 Å². The average molecular weight is 266 g/mol. The summed E-state index contributed by atoms with van der Waals surface area (Å²) in [5.41, 5.74) is -0.0560. The van der Waals surface area contributed by atoms with Crippen LogP contribution in [0.2, 0.25) is 0 Å². The minimum absolute atomic E-state index is 0.0560. The van der Waals surface area contributed by atoms with Crippen molar-refractivity contribution in [3.05, 3.63) is 16.1 Å². The van der Waals surface area contributed by atoms with Crippen LogP contribution in [0.4, 0.5) is 0 Å². The highest BCUT2D eigenvalue weighted by molar-refractivity contribution is 7.11. The minimum atomic E-state index is -1.09. The van der Waals surface area contributed by atoms with Crippen LogP contribution in [0, 0.1) is 11.8 Å². The van der Waals surface area contributed by atoms with Gasteiger partial charge in [-0.05, 0) is 37.5 Å². The van der Waals surface area contributed by atoms with Crippen molar-refractivity contribution < 1.29 is 14.7 Å². The Morgan fingerprint density at radius 3 is 2.39 bits per heavy atom. The van der Waals surface area contributed by atoms with E-state index in [1.54, 1.807) is 0 Å². The number of carbonyl (C=O) groups excluding carboxylic acids is 1. The van der Waals surface area contributed by atoms with E-state index in [1.807, 2.05) is 0 Å². The van der Waals surface area contributed by atoms with Crippen LogP contribution in [0.25, 0.3) is 0 Å². The predicted octanol–water partition coefficient (Wildman–Crippen LogP) is 1.76. The van der Waals surface area contributed by atoms with Gasteiger partial charge in [0.2, 0.25) is 0 Å². The zero-order valence-electron chi connectivity index (χ0n) is 9.76. The number of amides is 1. The summed E-state index contributed by atoms with van der Waals surface area (Å²) < 4.78 is 0. The van der Waals surface area contributed by atoms with E-state index >= 15 is 0 Å². The Labute approximate surface area is 108 Å². The first-order valence-electron chi connectivity index (χ1n) is 6.15. The van der Waals surface area contributed by atoms with E-state index in [1.165, 1.54) is 31.1 Å². The summed E-state index contributed by atoms with van der Waals surface area (Å²) in [7, 11) is 0. The lowest BCUT2D eigenvalue weighted by Gasteiger charge is -2.16. The van der Waals surface area contributed by atoms with E-state index in [9.17, 15) is 9.59 Å². The number of nitrogens with zero attached hydrogens (tertiary/aromatic N) is 1. The number of carbonyl (C=O) groups is 2. The second-order valence-corrected chi connectivity index (χ2v) is 5.88. The number of hydrogen-bond acceptors (Lipinski definition) is 4. The zero-order valence-corrected chi connectivity index (χ0v) is 10.6. The van der Waals surface area contributed by atoms with Crippen LogP contribution in [0.1, 0.15) is 46.0 Å². The Morgan fingerprint density at radius 2 is 1.94 bits per heavy atom. The number of nitrogens with one attached hydrogen (secondary N) is 1. The molecule has 96 valence electrons. The van der Waals surface area contributed by atoms with Gasteiger partial charge in [0, 0.05) is 11.4 Å². The van der Waals surface area contributed by atoms with Crippen molar-refractivity contribution in [2.24, 2.45) is 11.8 Å². The van der Waals surface area contributed by atoms with Gasteiger partial charge in [-0.1, -0.05) is 0 Å². The molecule has 0 atom stereocenters. The zero-order chi connectivity index (χ0) is 12.7. The normalized spacial score (nSPS) is 18.9. The van der Waals surface area contributed by atoms with Crippen LogP contribution in [0.3, 0.4) is 0 Å². The van der Waals surface area contributed by atoms with Gasteiger partial charge in [0.1, 0.15) is 0 Å². The van der Waals surface area contributed by atoms with Gasteiger partial charge in [0.25, 0.3) is 5.91 Å². The van der Waals surface area contributed by atoms with Gasteiger partial charge in [-0.2, -0.15) is 0 Å². The standard InChI is InChI=1S/C12H14N2O3S/c15-10(11-13-8(5-18-11)12(16)17)14-9(6-1-2-6)7-3-4-7/h5-7,9H,1-4H2,(H,14,15)(H,16,17). The predicted molar refractivity (Wildman–Crippen MR) is 65.8 cm³/mol. The first-order chi connectivity index (χ1) is 8.65. The van der Waals surface area contributed by atoms with Gasteiger partial charge in [0.15, 0.2) is 10.7 Å². The summed E-state index contributed by atoms with van der Waals surface area (Å²) in [6, 6.07) is 0.273. The second-order valence-electron chi connectivity index (χ2n) is 5.02. The summed E-state index contributed by atoms with van der Waals surface area (Å²) in [5.74, 6) is -0.0664. The molecule has 2 saturated carbocycles. The fourth-order valence-corrected chi connectivity index (χ4v) is 2.91. The van der Waals surface area contributed by atoms with E-state index < -0.39 is 5.97 Å². The fourth-order valence-electron chi connectivity index (χ4n) is 2.22. The van der Waals surface area contributed by atoms with Crippen molar-refractivity contribution in [1.82, 2.24) is 10.3 Å². The molecule has 0 saturated heterocycles. The molecule has 0 spiro atoms. The van der Waals surface area contributed by atoms with Gasteiger partial charge in [-0.15, -0.1) is 11.3 Å². The summed E-state index contributed by atoms with van der Waals surface area (Å²) in [6.45, 7) is 0. The summed E-state index contributed by atoms with van der Waals surface area (Å²) in [4.78, 5) is 26.5. The summed E-state index contributed by atoms with van der Waals surface area (Å²) in [5, 5.41) is 13.4. The number of aromatic carboxylic acids is 1. The molecule has 1 aromatic rings. The van der Waals surface area contributed by atoms with E-state index in [0.717, 1.165) is 11.3 Å². The number of thiazole rings is 1. The highest BCUT2D eigenvalue weighted by Crippen LogP contribution is 2.44. The fraction of sp³-hybridized carbons (Fsp3) is 0.583. The first-order valence-corrected chi connectivity index (χ1v) is 7.03. The van der Waals surface area contributed by atoms with Gasteiger partial charge in [-0.3, -0.25) is 4.79 Å². The van der Waals surface area contributed by atoms with Gasteiger partial charge < -0.3 is 10.4 Å². The minimum Gasteiger partial charge on any atom is -0.476 e. The Bertz CT molecular complexity index is 479. The van der Waals surface area contributed by atoms with Crippen LogP contribution in [-0.2, 0) is 0 Å². The molecule has 2 N–H and O–H groups in total. The molecule has 6 heteroatoms. The molecule has 0 bridgehead atoms. The van der Waals surface area contributed by atoms with Crippen molar-refractivity contribution >= 4 is 23.2 Å². The molecular weight excluding hydrogens is 252 g/mol. The van der Waals surface area contributed by atoms with Gasteiger partial charge in [-0.25, -0.2) is 9.78 Å². The Hall–Kier alpha value is -1.43. The van der Waals surface area contributed by atoms with Crippen LogP contribution in [0.5, 0.6) is 0 Å². The molecule has 1 amide bonds. The maximum Gasteiger partial charge on any atom is 0.355 e. The van der Waals surface area contributed by atoms with Crippen molar-refractivity contribution in [2.45, 2.75) is 31.7 Å². The van der Waals surface area contributed by atoms with Gasteiger partial charge >= 0.3 is 5.97 Å². The third-order valence-electron chi connectivity index (χ3n) is 3.48. The van der Waals surface area contributed by atoms with Crippen molar-refractivity contribution in [2.75, 3.05) is 0 Å². The lowest BCUT2D eigenvalue weighted by molar-refractivity contribution is 0.0691. The molecule has 0 aromatic carbocycles. The highest BCUT2D eigenvalue weighted by atomic mass is 32.1. The van der Waals surface area contributed by atoms with Crippen molar-refractivity contribution in [3.8, 4) is 0 Å². The molecule has 0 radical (unpaired) electrons. The maximum absolute atomic E-state index is 12.0. The number of aromatic nitrogens is 1. The monoisotopic (exact) mass is 266 g/mol. The molecule has 2 fully saturated rings. The smallest absolute Gasteiger partial charge is 0.355 e. The number of rotatable bonds is 5. The molecule has 0 unspecified atom stereocenters. The van der Waals surface area contributed by atoms with Crippen LogP contribution in [-0.4, -0.2) is 28.0 Å². The van der Waals surface area contributed by atoms with Crippen LogP contribution < -0.4 is 5.32 Å². The molecule has 2 aliphatic carbocycles. The van der Waals surface area contributed by atoms with Crippen LogP contribution in [0.15, 0.2) is 5.38 Å². The van der Waals surface area contributed by atoms with Crippen LogP contribution >= 0.6 is 11.3 Å². The molecule has 1 heterocycles. The summed E-state index contributed by atoms with van der Waals surface area (Å²) in [6.07, 6.45) is 4.78. The molecule has 2 aliphatic rings. The van der Waals surface area contributed by atoms with E-state index in [-0.39, 0.29) is 22.7 Å². The van der Waals surface area contributed by atoms with E-state index in [4.69, 9.17) is 5.11 Å². The van der Waals surface area contributed by atoms with Crippen molar-refractivity contribution in [1.29, 1.82) is 0 Å². The Balaban J connectivity index is 1.67. The topological polar surface area (TPSA) is 79.3 Å². The maximum atomic E-state index is 12.0. The number of carboxylic acids is 1. The molecular formula is C12H14N2O3S. The average Bonchev–Trinajstić information content (AvgIpc) is 3.24. The van der Waals surface area contributed by atoms with E-state index in [2.05, 4.69) is 10.3 Å². The third-order valence-corrected chi connectivity index (χ3v) is 4.32. The molecule has 1 aromatic heterocycles. The SMILES string of the molecule is O=C(O)c1csc(C(=O)NC(C2CC2)C2CC2)n1. The second kappa shape index (κ2) is 4.35. The summed E-state index contributed by atoms with van der Waals surface area (Å²) >= 11 is 1.09. The molecule has 0 aliphatic heterocycles. The van der Waals surface area contributed by atoms with Crippen molar-refractivity contribution in [3.63, 3.8) is 0 Å². The molecule has 5 nitrogen and oxygen atoms in total. The quantitative estimate of drug-likeness (QED) is 0.851. The number of hydrogen-bond donors (Lipinski definition) is 2. The third kappa shape index (κ3) is 2.38. The molecule has 3 rings (SSSR count).